The van der Waals surface area contributed by atoms with Crippen LogP contribution in [0.5, 0.6) is 5.75 Å². The third kappa shape index (κ3) is 3.79. The Hall–Kier alpha value is -2.40. The van der Waals surface area contributed by atoms with Gasteiger partial charge in [-0.25, -0.2) is 9.18 Å². The monoisotopic (exact) mass is 290 g/mol. The fourth-order valence-electron chi connectivity index (χ4n) is 1.82. The molecule has 0 aromatic heterocycles. The molecule has 0 fully saturated rings. The number of halogens is 1. The Kier molecular flexibility index (Phi) is 4.90. The van der Waals surface area contributed by atoms with Gasteiger partial charge in [-0.15, -0.1) is 0 Å². The Morgan fingerprint density at radius 3 is 2.48 bits per heavy atom. The van der Waals surface area contributed by atoms with E-state index in [0.717, 1.165) is 0 Å². The van der Waals surface area contributed by atoms with Crippen LogP contribution in [0.3, 0.4) is 0 Å². The van der Waals surface area contributed by atoms with Crippen molar-refractivity contribution in [1.29, 1.82) is 0 Å². The molecule has 0 bridgehead atoms. The van der Waals surface area contributed by atoms with Gasteiger partial charge in [0, 0.05) is 5.56 Å². The van der Waals surface area contributed by atoms with Crippen molar-refractivity contribution in [3.8, 4) is 5.75 Å². The highest BCUT2D eigenvalue weighted by Crippen LogP contribution is 2.19. The molecule has 0 saturated carbocycles. The lowest BCUT2D eigenvalue weighted by Crippen LogP contribution is -2.11. The van der Waals surface area contributed by atoms with E-state index in [0.29, 0.717) is 11.3 Å². The predicted octanol–water partition coefficient (Wildman–Crippen LogP) is 2.72. The molecule has 5 heteroatoms. The van der Waals surface area contributed by atoms with Gasteiger partial charge in [0.25, 0.3) is 0 Å². The number of hydrogen-bond acceptors (Lipinski definition) is 4. The summed E-state index contributed by atoms with van der Waals surface area (Å²) in [5.74, 6) is -0.444. The molecule has 110 valence electrons. The molecule has 2 rings (SSSR count). The van der Waals surface area contributed by atoms with Crippen molar-refractivity contribution in [3.05, 3.63) is 65.5 Å². The highest BCUT2D eigenvalue weighted by molar-refractivity contribution is 5.89. The van der Waals surface area contributed by atoms with Crippen LogP contribution < -0.4 is 4.74 Å². The van der Waals surface area contributed by atoms with Crippen molar-refractivity contribution >= 4 is 5.97 Å². The molecule has 0 aliphatic carbocycles. The van der Waals surface area contributed by atoms with E-state index in [1.807, 2.05) is 0 Å². The molecule has 1 atom stereocenters. The minimum atomic E-state index is -1.06. The summed E-state index contributed by atoms with van der Waals surface area (Å²) in [6, 6.07) is 12.3. The SMILES string of the molecule is COC(=O)c1ccc(OCC(O)c2ccccc2F)cc1. The van der Waals surface area contributed by atoms with E-state index < -0.39 is 17.9 Å². The van der Waals surface area contributed by atoms with Gasteiger partial charge in [-0.2, -0.15) is 0 Å². The molecule has 0 aliphatic rings. The van der Waals surface area contributed by atoms with Crippen molar-refractivity contribution in [3.63, 3.8) is 0 Å². The van der Waals surface area contributed by atoms with Crippen LogP contribution in [0.25, 0.3) is 0 Å². The first-order chi connectivity index (χ1) is 10.1. The van der Waals surface area contributed by atoms with Crippen molar-refractivity contribution in [2.75, 3.05) is 13.7 Å². The summed E-state index contributed by atoms with van der Waals surface area (Å²) in [6.45, 7) is -0.0848. The second-order valence-electron chi connectivity index (χ2n) is 4.36. The summed E-state index contributed by atoms with van der Waals surface area (Å²) in [4.78, 5) is 11.3. The van der Waals surface area contributed by atoms with E-state index in [2.05, 4.69) is 4.74 Å². The molecule has 0 heterocycles. The summed E-state index contributed by atoms with van der Waals surface area (Å²) >= 11 is 0. The number of carbonyl (C=O) groups is 1. The van der Waals surface area contributed by atoms with Crippen LogP contribution in [0.15, 0.2) is 48.5 Å². The lowest BCUT2D eigenvalue weighted by atomic mass is 10.1. The van der Waals surface area contributed by atoms with E-state index >= 15 is 0 Å². The average molecular weight is 290 g/mol. The second-order valence-corrected chi connectivity index (χ2v) is 4.36. The number of ether oxygens (including phenoxy) is 2. The van der Waals surface area contributed by atoms with Crippen LogP contribution in [0.1, 0.15) is 22.0 Å². The smallest absolute Gasteiger partial charge is 0.337 e. The number of aliphatic hydroxyl groups excluding tert-OH is 1. The Bertz CT molecular complexity index is 610. The van der Waals surface area contributed by atoms with Gasteiger partial charge < -0.3 is 14.6 Å². The minimum absolute atomic E-state index is 0.0848. The quantitative estimate of drug-likeness (QED) is 0.860. The molecule has 1 unspecified atom stereocenters. The van der Waals surface area contributed by atoms with Gasteiger partial charge in [0.15, 0.2) is 0 Å². The lowest BCUT2D eigenvalue weighted by molar-refractivity contribution is 0.0600. The number of esters is 1. The molecule has 0 amide bonds. The maximum absolute atomic E-state index is 13.5. The maximum atomic E-state index is 13.5. The first kappa shape index (κ1) is 15.0. The second kappa shape index (κ2) is 6.85. The summed E-state index contributed by atoms with van der Waals surface area (Å²) in [6.07, 6.45) is -1.06. The minimum Gasteiger partial charge on any atom is -0.491 e. The normalized spacial score (nSPS) is 11.8. The first-order valence-corrected chi connectivity index (χ1v) is 6.35. The number of carbonyl (C=O) groups excluding carboxylic acids is 1. The number of benzene rings is 2. The molecule has 0 spiro atoms. The molecule has 0 radical (unpaired) electrons. The van der Waals surface area contributed by atoms with Crippen molar-refractivity contribution in [1.82, 2.24) is 0 Å². The van der Waals surface area contributed by atoms with Gasteiger partial charge in [0.2, 0.25) is 0 Å². The molecule has 4 nitrogen and oxygen atoms in total. The van der Waals surface area contributed by atoms with Crippen molar-refractivity contribution in [2.45, 2.75) is 6.10 Å². The van der Waals surface area contributed by atoms with Gasteiger partial charge in [-0.1, -0.05) is 18.2 Å². The zero-order valence-electron chi connectivity index (χ0n) is 11.5. The summed E-state index contributed by atoms with van der Waals surface area (Å²) in [5, 5.41) is 9.90. The summed E-state index contributed by atoms with van der Waals surface area (Å²) in [7, 11) is 1.30. The Labute approximate surface area is 121 Å². The van der Waals surface area contributed by atoms with E-state index in [1.165, 1.54) is 19.2 Å². The Morgan fingerprint density at radius 2 is 1.86 bits per heavy atom. The fraction of sp³-hybridized carbons (Fsp3) is 0.188. The molecular formula is C16H15FO4. The lowest BCUT2D eigenvalue weighted by Gasteiger charge is -2.13. The predicted molar refractivity (Wildman–Crippen MR) is 74.6 cm³/mol. The van der Waals surface area contributed by atoms with E-state index in [4.69, 9.17) is 4.74 Å². The molecular weight excluding hydrogens is 275 g/mol. The third-order valence-corrected chi connectivity index (χ3v) is 2.95. The zero-order chi connectivity index (χ0) is 15.2. The largest absolute Gasteiger partial charge is 0.491 e. The third-order valence-electron chi connectivity index (χ3n) is 2.95. The number of methoxy groups -OCH3 is 1. The summed E-state index contributed by atoms with van der Waals surface area (Å²) in [5.41, 5.74) is 0.586. The number of hydrogen-bond donors (Lipinski definition) is 1. The van der Waals surface area contributed by atoms with Gasteiger partial charge in [-0.05, 0) is 30.3 Å². The van der Waals surface area contributed by atoms with E-state index in [-0.39, 0.29) is 12.2 Å². The summed E-state index contributed by atoms with van der Waals surface area (Å²) < 4.78 is 23.4. The van der Waals surface area contributed by atoms with Crippen LogP contribution >= 0.6 is 0 Å². The molecule has 0 saturated heterocycles. The average Bonchev–Trinajstić information content (AvgIpc) is 2.52. The number of rotatable bonds is 5. The molecule has 21 heavy (non-hydrogen) atoms. The van der Waals surface area contributed by atoms with Gasteiger partial charge in [0.1, 0.15) is 24.3 Å². The Balaban J connectivity index is 1.97. The van der Waals surface area contributed by atoms with Crippen LogP contribution in [0.4, 0.5) is 4.39 Å². The fourth-order valence-corrected chi connectivity index (χ4v) is 1.82. The maximum Gasteiger partial charge on any atom is 0.337 e. The van der Waals surface area contributed by atoms with Gasteiger partial charge in [-0.3, -0.25) is 0 Å². The van der Waals surface area contributed by atoms with Gasteiger partial charge >= 0.3 is 5.97 Å². The van der Waals surface area contributed by atoms with Crippen LogP contribution in [0.2, 0.25) is 0 Å². The molecule has 2 aromatic rings. The van der Waals surface area contributed by atoms with Crippen LogP contribution in [-0.2, 0) is 4.74 Å². The molecule has 1 N–H and O–H groups in total. The van der Waals surface area contributed by atoms with Crippen molar-refractivity contribution < 1.29 is 23.8 Å². The van der Waals surface area contributed by atoms with Crippen molar-refractivity contribution in [2.24, 2.45) is 0 Å². The number of aliphatic hydroxyl groups is 1. The zero-order valence-corrected chi connectivity index (χ0v) is 11.5. The Morgan fingerprint density at radius 1 is 1.19 bits per heavy atom. The topological polar surface area (TPSA) is 55.8 Å². The van der Waals surface area contributed by atoms with E-state index in [9.17, 15) is 14.3 Å². The van der Waals surface area contributed by atoms with E-state index in [1.54, 1.807) is 36.4 Å². The van der Waals surface area contributed by atoms with Gasteiger partial charge in [0.05, 0.1) is 12.7 Å². The highest BCUT2D eigenvalue weighted by atomic mass is 19.1. The highest BCUT2D eigenvalue weighted by Gasteiger charge is 2.13. The standard InChI is InChI=1S/C16H15FO4/c1-20-16(19)11-6-8-12(9-7-11)21-10-15(18)13-4-2-3-5-14(13)17/h2-9,15,18H,10H2,1H3. The van der Waals surface area contributed by atoms with Crippen LogP contribution in [0, 0.1) is 5.82 Å². The first-order valence-electron chi connectivity index (χ1n) is 6.35. The molecule has 2 aromatic carbocycles. The molecule has 0 aliphatic heterocycles. The van der Waals surface area contributed by atoms with Crippen LogP contribution in [-0.4, -0.2) is 24.8 Å².